The number of rotatable bonds is 5. The number of aromatic nitrogens is 3. The van der Waals surface area contributed by atoms with E-state index in [2.05, 4.69) is 15.6 Å². The number of aliphatic hydroxyl groups is 1. The minimum Gasteiger partial charge on any atom is -0.388 e. The van der Waals surface area contributed by atoms with E-state index in [1.807, 2.05) is 34.0 Å². The fourth-order valence-electron chi connectivity index (χ4n) is 1.19. The molecule has 0 saturated carbocycles. The molecule has 0 aliphatic heterocycles. The van der Waals surface area contributed by atoms with E-state index in [9.17, 15) is 5.11 Å². The molecule has 0 aliphatic rings. The molecule has 1 aromatic heterocycles. The third kappa shape index (κ3) is 3.28. The largest absolute Gasteiger partial charge is 0.388 e. The lowest BCUT2D eigenvalue weighted by Crippen LogP contribution is -2.36. The maximum atomic E-state index is 10.1. The standard InChI is InChI=1S/C10H20N4O/c1-8(2)10(3,15)7-14-6-9(5-11-4)12-13-14/h6,8,11,15H,5,7H2,1-4H3. The van der Waals surface area contributed by atoms with Crippen molar-refractivity contribution in [1.82, 2.24) is 20.3 Å². The van der Waals surface area contributed by atoms with E-state index in [4.69, 9.17) is 0 Å². The van der Waals surface area contributed by atoms with Crippen LogP contribution in [0.1, 0.15) is 26.5 Å². The first kappa shape index (κ1) is 12.1. The second kappa shape index (κ2) is 4.72. The van der Waals surface area contributed by atoms with Crippen molar-refractivity contribution < 1.29 is 5.11 Å². The minimum atomic E-state index is -0.745. The average Bonchev–Trinajstić information content (AvgIpc) is 2.52. The molecule has 0 saturated heterocycles. The third-order valence-corrected chi connectivity index (χ3v) is 2.67. The fourth-order valence-corrected chi connectivity index (χ4v) is 1.19. The molecule has 86 valence electrons. The van der Waals surface area contributed by atoms with Crippen LogP contribution in [-0.4, -0.2) is 32.7 Å². The number of hydrogen-bond donors (Lipinski definition) is 2. The molecule has 0 radical (unpaired) electrons. The molecule has 5 heteroatoms. The Balaban J connectivity index is 2.64. The molecule has 5 nitrogen and oxygen atoms in total. The van der Waals surface area contributed by atoms with Gasteiger partial charge in [0.1, 0.15) is 0 Å². The Kier molecular flexibility index (Phi) is 3.82. The van der Waals surface area contributed by atoms with Gasteiger partial charge in [0.2, 0.25) is 0 Å². The average molecular weight is 212 g/mol. The van der Waals surface area contributed by atoms with Gasteiger partial charge in [-0.15, -0.1) is 5.10 Å². The number of hydrogen-bond acceptors (Lipinski definition) is 4. The minimum absolute atomic E-state index is 0.189. The van der Waals surface area contributed by atoms with Gasteiger partial charge in [0.15, 0.2) is 0 Å². The van der Waals surface area contributed by atoms with Crippen LogP contribution in [0.15, 0.2) is 6.20 Å². The Labute approximate surface area is 90.5 Å². The Bertz CT molecular complexity index is 306. The highest BCUT2D eigenvalue weighted by atomic mass is 16.3. The van der Waals surface area contributed by atoms with Gasteiger partial charge in [-0.1, -0.05) is 19.1 Å². The predicted molar refractivity (Wildman–Crippen MR) is 58.2 cm³/mol. The third-order valence-electron chi connectivity index (χ3n) is 2.67. The summed E-state index contributed by atoms with van der Waals surface area (Å²) < 4.78 is 1.69. The van der Waals surface area contributed by atoms with Gasteiger partial charge in [0, 0.05) is 12.7 Å². The molecule has 2 N–H and O–H groups in total. The molecule has 0 spiro atoms. The van der Waals surface area contributed by atoms with Crippen LogP contribution in [0.3, 0.4) is 0 Å². The van der Waals surface area contributed by atoms with Gasteiger partial charge in [-0.3, -0.25) is 0 Å². The zero-order chi connectivity index (χ0) is 11.5. The van der Waals surface area contributed by atoms with Gasteiger partial charge in [-0.25, -0.2) is 4.68 Å². The molecule has 0 fully saturated rings. The summed E-state index contributed by atoms with van der Waals surface area (Å²) in [6.45, 7) is 6.97. The van der Waals surface area contributed by atoms with Gasteiger partial charge >= 0.3 is 0 Å². The van der Waals surface area contributed by atoms with Gasteiger partial charge in [0.25, 0.3) is 0 Å². The van der Waals surface area contributed by atoms with Gasteiger partial charge in [0.05, 0.1) is 17.8 Å². The SMILES string of the molecule is CNCc1cn(CC(C)(O)C(C)C)nn1. The molecular weight excluding hydrogens is 192 g/mol. The second-order valence-electron chi connectivity index (χ2n) is 4.45. The summed E-state index contributed by atoms with van der Waals surface area (Å²) in [5.41, 5.74) is 0.141. The molecule has 1 unspecified atom stereocenters. The van der Waals surface area contributed by atoms with E-state index in [1.165, 1.54) is 0 Å². The Hall–Kier alpha value is -0.940. The van der Waals surface area contributed by atoms with Crippen LogP contribution in [0.25, 0.3) is 0 Å². The highest BCUT2D eigenvalue weighted by Crippen LogP contribution is 2.17. The van der Waals surface area contributed by atoms with Crippen molar-refractivity contribution in [3.63, 3.8) is 0 Å². The van der Waals surface area contributed by atoms with Gasteiger partial charge in [-0.05, 0) is 19.9 Å². The molecule has 0 bridgehead atoms. The van der Waals surface area contributed by atoms with Crippen molar-refractivity contribution >= 4 is 0 Å². The summed E-state index contributed by atoms with van der Waals surface area (Å²) in [4.78, 5) is 0. The lowest BCUT2D eigenvalue weighted by atomic mass is 9.93. The summed E-state index contributed by atoms with van der Waals surface area (Å²) in [5, 5.41) is 21.0. The molecular formula is C10H20N4O. The lowest BCUT2D eigenvalue weighted by molar-refractivity contribution is -0.00611. The first-order valence-corrected chi connectivity index (χ1v) is 5.21. The first-order valence-electron chi connectivity index (χ1n) is 5.21. The van der Waals surface area contributed by atoms with Crippen LogP contribution in [-0.2, 0) is 13.1 Å². The zero-order valence-corrected chi connectivity index (χ0v) is 9.86. The molecule has 0 aromatic carbocycles. The highest BCUT2D eigenvalue weighted by Gasteiger charge is 2.25. The second-order valence-corrected chi connectivity index (χ2v) is 4.45. The topological polar surface area (TPSA) is 63.0 Å². The van der Waals surface area contributed by atoms with E-state index in [0.29, 0.717) is 13.1 Å². The Morgan fingerprint density at radius 1 is 1.60 bits per heavy atom. The molecule has 0 aliphatic carbocycles. The van der Waals surface area contributed by atoms with Crippen molar-refractivity contribution in [2.45, 2.75) is 39.5 Å². The Morgan fingerprint density at radius 3 is 2.80 bits per heavy atom. The van der Waals surface area contributed by atoms with Gasteiger partial charge < -0.3 is 10.4 Å². The molecule has 15 heavy (non-hydrogen) atoms. The van der Waals surface area contributed by atoms with E-state index in [1.54, 1.807) is 4.68 Å². The van der Waals surface area contributed by atoms with Crippen molar-refractivity contribution in [3.8, 4) is 0 Å². The molecule has 1 heterocycles. The molecule has 1 rings (SSSR count). The van der Waals surface area contributed by atoms with Crippen molar-refractivity contribution in [2.75, 3.05) is 7.05 Å². The summed E-state index contributed by atoms with van der Waals surface area (Å²) in [7, 11) is 1.86. The van der Waals surface area contributed by atoms with Crippen LogP contribution in [0.2, 0.25) is 0 Å². The molecule has 1 atom stereocenters. The van der Waals surface area contributed by atoms with E-state index in [-0.39, 0.29) is 5.92 Å². The van der Waals surface area contributed by atoms with Crippen LogP contribution in [0, 0.1) is 5.92 Å². The first-order chi connectivity index (χ1) is 6.95. The number of nitrogens with one attached hydrogen (secondary N) is 1. The molecule has 0 amide bonds. The maximum absolute atomic E-state index is 10.1. The van der Waals surface area contributed by atoms with Crippen LogP contribution >= 0.6 is 0 Å². The smallest absolute Gasteiger partial charge is 0.0964 e. The van der Waals surface area contributed by atoms with E-state index in [0.717, 1.165) is 5.69 Å². The van der Waals surface area contributed by atoms with E-state index < -0.39 is 5.60 Å². The summed E-state index contributed by atoms with van der Waals surface area (Å²) >= 11 is 0. The predicted octanol–water partition coefficient (Wildman–Crippen LogP) is 0.404. The quantitative estimate of drug-likeness (QED) is 0.742. The lowest BCUT2D eigenvalue weighted by Gasteiger charge is -2.26. The zero-order valence-electron chi connectivity index (χ0n) is 9.86. The van der Waals surface area contributed by atoms with Crippen molar-refractivity contribution in [3.05, 3.63) is 11.9 Å². The van der Waals surface area contributed by atoms with Crippen molar-refractivity contribution in [2.24, 2.45) is 5.92 Å². The van der Waals surface area contributed by atoms with E-state index >= 15 is 0 Å². The highest BCUT2D eigenvalue weighted by molar-refractivity contribution is 4.92. The van der Waals surface area contributed by atoms with Crippen LogP contribution < -0.4 is 5.32 Å². The molecule has 1 aromatic rings. The van der Waals surface area contributed by atoms with Crippen LogP contribution in [0.5, 0.6) is 0 Å². The summed E-state index contributed by atoms with van der Waals surface area (Å²) in [6.07, 6.45) is 1.85. The Morgan fingerprint density at radius 2 is 2.27 bits per heavy atom. The fraction of sp³-hybridized carbons (Fsp3) is 0.800. The van der Waals surface area contributed by atoms with Gasteiger partial charge in [-0.2, -0.15) is 0 Å². The number of nitrogens with zero attached hydrogens (tertiary/aromatic N) is 3. The maximum Gasteiger partial charge on any atom is 0.0964 e. The monoisotopic (exact) mass is 212 g/mol. The summed E-state index contributed by atoms with van der Waals surface area (Å²) in [5.74, 6) is 0.189. The summed E-state index contributed by atoms with van der Waals surface area (Å²) in [6, 6.07) is 0. The van der Waals surface area contributed by atoms with Crippen LogP contribution in [0.4, 0.5) is 0 Å². The van der Waals surface area contributed by atoms with Crippen molar-refractivity contribution in [1.29, 1.82) is 0 Å². The normalized spacial score (nSPS) is 15.6.